The van der Waals surface area contributed by atoms with E-state index in [-0.39, 0.29) is 5.96 Å². The Hall–Kier alpha value is -1.06. The summed E-state index contributed by atoms with van der Waals surface area (Å²) >= 11 is 0. The molecule has 0 heterocycles. The highest BCUT2D eigenvalue weighted by molar-refractivity contribution is 5.78. The first-order valence-electron chi connectivity index (χ1n) is 2.54. The molecule has 1 radical (unpaired) electrons. The fourth-order valence-corrected chi connectivity index (χ4v) is 0.288. The van der Waals surface area contributed by atoms with E-state index in [1.54, 1.807) is 20.3 Å². The van der Waals surface area contributed by atoms with Crippen LogP contribution in [0.25, 0.3) is 0 Å². The number of hydrogen-bond acceptors (Lipinski definition) is 2. The summed E-state index contributed by atoms with van der Waals surface area (Å²) in [7, 11) is 1.57. The highest BCUT2D eigenvalue weighted by Gasteiger charge is 2.07. The second-order valence-corrected chi connectivity index (χ2v) is 1.79. The smallest absolute Gasteiger partial charge is 0.222 e. The van der Waals surface area contributed by atoms with Crippen LogP contribution in [0.15, 0.2) is 0 Å². The molecular formula is C5H10N3O. The number of hydrogen-bond donors (Lipinski definition) is 2. The van der Waals surface area contributed by atoms with E-state index in [2.05, 4.69) is 0 Å². The Balaban J connectivity index is 3.86. The molecule has 0 aromatic heterocycles. The largest absolute Gasteiger partial charge is 0.370 e. The van der Waals surface area contributed by atoms with Crippen LogP contribution in [0, 0.1) is 5.41 Å². The molecule has 4 nitrogen and oxygen atoms in total. The van der Waals surface area contributed by atoms with Gasteiger partial charge in [-0.05, 0) is 6.92 Å². The van der Waals surface area contributed by atoms with Gasteiger partial charge in [-0.15, -0.1) is 0 Å². The first kappa shape index (κ1) is 7.94. The van der Waals surface area contributed by atoms with Crippen LogP contribution in [0.3, 0.4) is 0 Å². The highest BCUT2D eigenvalue weighted by atomic mass is 16.1. The number of guanidine groups is 1. The molecule has 0 aliphatic rings. The summed E-state index contributed by atoms with van der Waals surface area (Å²) in [5.41, 5.74) is 5.04. The van der Waals surface area contributed by atoms with Gasteiger partial charge in [0.2, 0.25) is 6.29 Å². The molecule has 0 aromatic carbocycles. The summed E-state index contributed by atoms with van der Waals surface area (Å²) in [6.07, 6.45) is 1.70. The predicted molar refractivity (Wildman–Crippen MR) is 34.8 cm³/mol. The van der Waals surface area contributed by atoms with Gasteiger partial charge in [-0.1, -0.05) is 0 Å². The van der Waals surface area contributed by atoms with Crippen molar-refractivity contribution in [1.82, 2.24) is 4.90 Å². The Morgan fingerprint density at radius 1 is 1.89 bits per heavy atom. The van der Waals surface area contributed by atoms with Crippen LogP contribution in [-0.2, 0) is 4.79 Å². The Morgan fingerprint density at radius 2 is 2.33 bits per heavy atom. The average Bonchev–Trinajstić information content (AvgIpc) is 1.84. The second kappa shape index (κ2) is 3.06. The normalized spacial score (nSPS) is 12.2. The summed E-state index contributed by atoms with van der Waals surface area (Å²) in [4.78, 5) is 11.3. The second-order valence-electron chi connectivity index (χ2n) is 1.79. The maximum absolute atomic E-state index is 9.93. The minimum absolute atomic E-state index is 0.120. The lowest BCUT2D eigenvalue weighted by atomic mass is 10.3. The van der Waals surface area contributed by atoms with Crippen molar-refractivity contribution in [3.05, 3.63) is 0 Å². The summed E-state index contributed by atoms with van der Waals surface area (Å²) in [6.45, 7) is 1.62. The van der Waals surface area contributed by atoms with Crippen molar-refractivity contribution < 1.29 is 4.79 Å². The molecule has 51 valence electrons. The number of likely N-dealkylation sites (N-methyl/N-ethyl adjacent to an activating group) is 1. The van der Waals surface area contributed by atoms with Crippen LogP contribution in [-0.4, -0.2) is 30.2 Å². The van der Waals surface area contributed by atoms with Crippen molar-refractivity contribution >= 4 is 12.2 Å². The van der Waals surface area contributed by atoms with E-state index in [4.69, 9.17) is 11.1 Å². The van der Waals surface area contributed by atoms with Crippen molar-refractivity contribution in [3.8, 4) is 0 Å². The monoisotopic (exact) mass is 128 g/mol. The van der Waals surface area contributed by atoms with Crippen LogP contribution >= 0.6 is 0 Å². The zero-order valence-corrected chi connectivity index (χ0v) is 5.51. The van der Waals surface area contributed by atoms with Crippen molar-refractivity contribution in [2.24, 2.45) is 5.73 Å². The minimum atomic E-state index is -0.428. The number of nitrogens with two attached hydrogens (primary N) is 1. The lowest BCUT2D eigenvalue weighted by Gasteiger charge is -2.18. The van der Waals surface area contributed by atoms with Crippen LogP contribution in [0.4, 0.5) is 0 Å². The third-order valence-electron chi connectivity index (χ3n) is 1.13. The molecular weight excluding hydrogens is 118 g/mol. The van der Waals surface area contributed by atoms with Gasteiger partial charge in [-0.25, -0.2) is 0 Å². The molecule has 0 fully saturated rings. The Morgan fingerprint density at radius 3 is 2.44 bits per heavy atom. The number of nitrogens with zero attached hydrogens (tertiary/aromatic N) is 1. The van der Waals surface area contributed by atoms with E-state index in [9.17, 15) is 4.79 Å². The van der Waals surface area contributed by atoms with E-state index in [1.807, 2.05) is 0 Å². The van der Waals surface area contributed by atoms with Gasteiger partial charge in [0.15, 0.2) is 5.96 Å². The van der Waals surface area contributed by atoms with Gasteiger partial charge in [-0.2, -0.15) is 0 Å². The maximum atomic E-state index is 9.93. The van der Waals surface area contributed by atoms with E-state index >= 15 is 0 Å². The average molecular weight is 128 g/mol. The topological polar surface area (TPSA) is 70.2 Å². The fraction of sp³-hybridized carbons (Fsp3) is 0.600. The molecule has 0 spiro atoms. The summed E-state index contributed by atoms with van der Waals surface area (Å²) in [5, 5.41) is 6.86. The number of carbonyl (C=O) groups excluding carboxylic acids is 1. The van der Waals surface area contributed by atoms with E-state index in [0.717, 1.165) is 0 Å². The van der Waals surface area contributed by atoms with E-state index in [1.165, 1.54) is 4.90 Å². The van der Waals surface area contributed by atoms with Gasteiger partial charge in [-0.3, -0.25) is 10.2 Å². The molecule has 0 rings (SSSR count). The van der Waals surface area contributed by atoms with Gasteiger partial charge in [0.1, 0.15) is 0 Å². The lowest BCUT2D eigenvalue weighted by Crippen LogP contribution is -2.40. The van der Waals surface area contributed by atoms with E-state index in [0.29, 0.717) is 0 Å². The standard InChI is InChI=1S/C5H10N3O/c1-4(3-9)8(2)5(6)7/h4H,1-2H3,(H3,6,7). The molecule has 0 aliphatic heterocycles. The molecule has 0 aromatic rings. The molecule has 1 atom stereocenters. The third kappa shape index (κ3) is 2.12. The van der Waals surface area contributed by atoms with Crippen molar-refractivity contribution in [2.45, 2.75) is 13.0 Å². The summed E-state index contributed by atoms with van der Waals surface area (Å²) in [6, 6.07) is -0.428. The third-order valence-corrected chi connectivity index (χ3v) is 1.13. The molecule has 0 aliphatic carbocycles. The Labute approximate surface area is 54.1 Å². The van der Waals surface area contributed by atoms with Crippen LogP contribution in [0.2, 0.25) is 0 Å². The zero-order valence-electron chi connectivity index (χ0n) is 5.51. The first-order chi connectivity index (χ1) is 4.09. The van der Waals surface area contributed by atoms with Crippen LogP contribution in [0.1, 0.15) is 6.92 Å². The van der Waals surface area contributed by atoms with Gasteiger partial charge < -0.3 is 10.6 Å². The molecule has 9 heavy (non-hydrogen) atoms. The molecule has 4 heteroatoms. The molecule has 0 amide bonds. The van der Waals surface area contributed by atoms with Gasteiger partial charge in [0.25, 0.3) is 0 Å². The minimum Gasteiger partial charge on any atom is -0.370 e. The van der Waals surface area contributed by atoms with Crippen molar-refractivity contribution in [1.29, 1.82) is 5.41 Å². The van der Waals surface area contributed by atoms with Gasteiger partial charge in [0.05, 0.1) is 6.04 Å². The SMILES string of the molecule is CC([C]=O)N(C)C(=N)N. The molecule has 0 bridgehead atoms. The zero-order chi connectivity index (χ0) is 7.44. The predicted octanol–water partition coefficient (Wildman–Crippen LogP) is -0.690. The fourth-order valence-electron chi connectivity index (χ4n) is 0.288. The van der Waals surface area contributed by atoms with Gasteiger partial charge in [0, 0.05) is 7.05 Å². The number of nitrogens with one attached hydrogen (secondary N) is 1. The number of rotatable bonds is 2. The summed E-state index contributed by atoms with van der Waals surface area (Å²) < 4.78 is 0. The Bertz CT molecular complexity index is 123. The van der Waals surface area contributed by atoms with Crippen LogP contribution in [0.5, 0.6) is 0 Å². The van der Waals surface area contributed by atoms with Crippen LogP contribution < -0.4 is 5.73 Å². The Kier molecular flexibility index (Phi) is 2.70. The highest BCUT2D eigenvalue weighted by Crippen LogP contribution is 1.87. The molecule has 0 saturated heterocycles. The summed E-state index contributed by atoms with van der Waals surface area (Å²) in [5.74, 6) is -0.120. The van der Waals surface area contributed by atoms with Crippen molar-refractivity contribution in [3.63, 3.8) is 0 Å². The lowest BCUT2D eigenvalue weighted by molar-refractivity contribution is 0.434. The van der Waals surface area contributed by atoms with E-state index < -0.39 is 6.04 Å². The van der Waals surface area contributed by atoms with Gasteiger partial charge >= 0.3 is 0 Å². The first-order valence-corrected chi connectivity index (χ1v) is 2.54. The molecule has 3 N–H and O–H groups in total. The maximum Gasteiger partial charge on any atom is 0.222 e. The molecule has 1 unspecified atom stereocenters. The van der Waals surface area contributed by atoms with Crippen molar-refractivity contribution in [2.75, 3.05) is 7.05 Å². The quantitative estimate of drug-likeness (QED) is 0.382. The molecule has 0 saturated carbocycles.